The van der Waals surface area contributed by atoms with Gasteiger partial charge in [-0.15, -0.1) is 0 Å². The number of aromatic nitrogens is 1. The zero-order chi connectivity index (χ0) is 26.0. The van der Waals surface area contributed by atoms with E-state index < -0.39 is 20.9 Å². The van der Waals surface area contributed by atoms with E-state index in [2.05, 4.69) is 5.32 Å². The van der Waals surface area contributed by atoms with Crippen LogP contribution in [0.3, 0.4) is 0 Å². The van der Waals surface area contributed by atoms with Crippen LogP contribution in [0.5, 0.6) is 0 Å². The zero-order valence-corrected chi connectivity index (χ0v) is 20.2. The molecule has 4 aromatic rings. The predicted molar refractivity (Wildman–Crippen MR) is 136 cm³/mol. The number of nitro groups is 1. The Hall–Kier alpha value is -4.46. The third-order valence-electron chi connectivity index (χ3n) is 5.36. The molecule has 1 aromatic heterocycles. The van der Waals surface area contributed by atoms with Crippen molar-refractivity contribution in [2.75, 3.05) is 5.32 Å². The number of nitrogens with one attached hydrogen (secondary N) is 1. The van der Waals surface area contributed by atoms with Crippen LogP contribution >= 0.6 is 11.6 Å². The number of aryl methyl sites for hydroxylation is 1. The summed E-state index contributed by atoms with van der Waals surface area (Å²) in [5, 5.41) is 23.6. The van der Waals surface area contributed by atoms with Gasteiger partial charge < -0.3 is 5.32 Å². The number of non-ortho nitro benzene ring substituents is 1. The van der Waals surface area contributed by atoms with Gasteiger partial charge in [-0.1, -0.05) is 47.5 Å². The lowest BCUT2D eigenvalue weighted by Crippen LogP contribution is -2.14. The van der Waals surface area contributed by atoms with Crippen molar-refractivity contribution in [1.82, 2.24) is 3.97 Å². The second-order valence-electron chi connectivity index (χ2n) is 7.76. The smallest absolute Gasteiger partial charge is 0.271 e. The molecular weight excluding hydrogens is 504 g/mol. The normalized spacial score (nSPS) is 11.8. The van der Waals surface area contributed by atoms with Crippen LogP contribution in [0, 0.1) is 28.4 Å². The number of anilines is 1. The molecule has 0 aliphatic heterocycles. The van der Waals surface area contributed by atoms with Gasteiger partial charge in [0.2, 0.25) is 0 Å². The minimum absolute atomic E-state index is 0.0404. The number of carbonyl (C=O) groups excluding carboxylic acids is 1. The van der Waals surface area contributed by atoms with Gasteiger partial charge in [0.25, 0.3) is 21.6 Å². The SMILES string of the molecule is Cc1ccc(S(=O)(=O)n2cc(/C=C(\C#N)C(=O)Nc3cc([N+](=O)[O-])ccc3Cl)c3ccccc32)cc1. The molecule has 0 aliphatic rings. The quantitative estimate of drug-likeness (QED) is 0.159. The molecule has 1 heterocycles. The maximum Gasteiger partial charge on any atom is 0.271 e. The summed E-state index contributed by atoms with van der Waals surface area (Å²) in [4.78, 5) is 23.3. The summed E-state index contributed by atoms with van der Waals surface area (Å²) < 4.78 is 27.8. The number of nitriles is 1. The highest BCUT2D eigenvalue weighted by Crippen LogP contribution is 2.29. The van der Waals surface area contributed by atoms with Crippen LogP contribution in [0.1, 0.15) is 11.1 Å². The number of carbonyl (C=O) groups is 1. The summed E-state index contributed by atoms with van der Waals surface area (Å²) in [5.74, 6) is -0.863. The van der Waals surface area contributed by atoms with Gasteiger partial charge in [0.15, 0.2) is 0 Å². The van der Waals surface area contributed by atoms with Gasteiger partial charge in [-0.3, -0.25) is 14.9 Å². The summed E-state index contributed by atoms with van der Waals surface area (Å²) in [6.45, 7) is 1.85. The second-order valence-corrected chi connectivity index (χ2v) is 9.98. The van der Waals surface area contributed by atoms with E-state index in [4.69, 9.17) is 11.6 Å². The highest BCUT2D eigenvalue weighted by atomic mass is 35.5. The summed E-state index contributed by atoms with van der Waals surface area (Å²) in [5.41, 5.74) is 0.904. The summed E-state index contributed by atoms with van der Waals surface area (Å²) in [7, 11) is -3.97. The van der Waals surface area contributed by atoms with Gasteiger partial charge in [-0.25, -0.2) is 12.4 Å². The van der Waals surface area contributed by atoms with Gasteiger partial charge in [0.1, 0.15) is 11.6 Å². The molecule has 4 rings (SSSR count). The molecule has 3 aromatic carbocycles. The summed E-state index contributed by atoms with van der Waals surface area (Å²) >= 11 is 6.04. The van der Waals surface area contributed by atoms with Crippen LogP contribution < -0.4 is 5.32 Å². The number of fused-ring (bicyclic) bond motifs is 1. The maximum absolute atomic E-state index is 13.4. The molecule has 0 aliphatic carbocycles. The Bertz CT molecular complexity index is 1700. The van der Waals surface area contributed by atoms with Crippen molar-refractivity contribution in [2.24, 2.45) is 0 Å². The van der Waals surface area contributed by atoms with Crippen molar-refractivity contribution in [2.45, 2.75) is 11.8 Å². The third kappa shape index (κ3) is 4.70. The Morgan fingerprint density at radius 3 is 2.50 bits per heavy atom. The molecule has 1 amide bonds. The van der Waals surface area contributed by atoms with Crippen LogP contribution in [0.4, 0.5) is 11.4 Å². The first-order valence-electron chi connectivity index (χ1n) is 10.4. The van der Waals surface area contributed by atoms with Crippen molar-refractivity contribution in [3.8, 4) is 6.07 Å². The van der Waals surface area contributed by atoms with Crippen LogP contribution in [0.15, 0.2) is 83.4 Å². The molecular formula is C25H17ClN4O5S. The molecule has 11 heteroatoms. The number of hydrogen-bond donors (Lipinski definition) is 1. The van der Waals surface area contributed by atoms with Gasteiger partial charge >= 0.3 is 0 Å². The lowest BCUT2D eigenvalue weighted by atomic mass is 10.1. The first-order chi connectivity index (χ1) is 17.1. The van der Waals surface area contributed by atoms with Gasteiger partial charge in [-0.2, -0.15) is 5.26 Å². The molecule has 0 fully saturated rings. The van der Waals surface area contributed by atoms with Crippen molar-refractivity contribution in [3.05, 3.63) is 105 Å². The Labute approximate surface area is 211 Å². The fourth-order valence-electron chi connectivity index (χ4n) is 3.53. The fraction of sp³-hybridized carbons (Fsp3) is 0.0400. The van der Waals surface area contributed by atoms with Crippen LogP contribution in [-0.4, -0.2) is 23.2 Å². The molecule has 0 radical (unpaired) electrons. The van der Waals surface area contributed by atoms with Crippen molar-refractivity contribution < 1.29 is 18.1 Å². The van der Waals surface area contributed by atoms with E-state index in [1.807, 2.05) is 6.92 Å². The Kier molecular flexibility index (Phi) is 6.61. The monoisotopic (exact) mass is 520 g/mol. The van der Waals surface area contributed by atoms with E-state index in [1.54, 1.807) is 42.5 Å². The first kappa shape index (κ1) is 24.7. The van der Waals surface area contributed by atoms with E-state index in [1.165, 1.54) is 36.5 Å². The minimum atomic E-state index is -3.97. The average Bonchev–Trinajstić information content (AvgIpc) is 3.23. The molecule has 9 nitrogen and oxygen atoms in total. The predicted octanol–water partition coefficient (Wildman–Crippen LogP) is 5.29. The summed E-state index contributed by atoms with van der Waals surface area (Å²) in [6.07, 6.45) is 2.59. The minimum Gasteiger partial charge on any atom is -0.320 e. The lowest BCUT2D eigenvalue weighted by Gasteiger charge is -2.07. The third-order valence-corrected chi connectivity index (χ3v) is 7.38. The van der Waals surface area contributed by atoms with Crippen molar-refractivity contribution in [3.63, 3.8) is 0 Å². The van der Waals surface area contributed by atoms with Crippen molar-refractivity contribution >= 4 is 55.9 Å². The van der Waals surface area contributed by atoms with E-state index in [0.717, 1.165) is 15.6 Å². The Balaban J connectivity index is 1.77. The summed E-state index contributed by atoms with van der Waals surface area (Å²) in [6, 6.07) is 18.4. The largest absolute Gasteiger partial charge is 0.320 e. The van der Waals surface area contributed by atoms with Gasteiger partial charge in [0.05, 0.1) is 26.0 Å². The fourth-order valence-corrected chi connectivity index (χ4v) is 5.07. The van der Waals surface area contributed by atoms with Gasteiger partial charge in [-0.05, 0) is 37.3 Å². The Morgan fingerprint density at radius 1 is 1.14 bits per heavy atom. The number of hydrogen-bond acceptors (Lipinski definition) is 6. The number of nitro benzene ring substituents is 1. The van der Waals surface area contributed by atoms with Crippen molar-refractivity contribution in [1.29, 1.82) is 5.26 Å². The molecule has 180 valence electrons. The molecule has 0 saturated carbocycles. The molecule has 36 heavy (non-hydrogen) atoms. The van der Waals surface area contributed by atoms with E-state index in [-0.39, 0.29) is 26.9 Å². The van der Waals surface area contributed by atoms with E-state index in [9.17, 15) is 28.6 Å². The number of nitrogens with zero attached hydrogens (tertiary/aromatic N) is 3. The van der Waals surface area contributed by atoms with Crippen LogP contribution in [-0.2, 0) is 14.8 Å². The number of rotatable bonds is 6. The number of halogens is 1. The average molecular weight is 521 g/mol. The number of benzene rings is 3. The zero-order valence-electron chi connectivity index (χ0n) is 18.7. The highest BCUT2D eigenvalue weighted by Gasteiger charge is 2.22. The molecule has 0 spiro atoms. The van der Waals surface area contributed by atoms with E-state index in [0.29, 0.717) is 16.5 Å². The molecule has 0 saturated heterocycles. The molecule has 0 atom stereocenters. The number of amides is 1. The maximum atomic E-state index is 13.4. The van der Waals surface area contributed by atoms with Crippen LogP contribution in [0.2, 0.25) is 5.02 Å². The molecule has 0 unspecified atom stereocenters. The molecule has 1 N–H and O–H groups in total. The highest BCUT2D eigenvalue weighted by molar-refractivity contribution is 7.90. The topological polar surface area (TPSA) is 135 Å². The second kappa shape index (κ2) is 9.65. The lowest BCUT2D eigenvalue weighted by molar-refractivity contribution is -0.384. The first-order valence-corrected chi connectivity index (χ1v) is 12.2. The van der Waals surface area contributed by atoms with Gasteiger partial charge in [0, 0.05) is 29.3 Å². The Morgan fingerprint density at radius 2 is 1.83 bits per heavy atom. The number of para-hydroxylation sites is 1. The standard InChI is InChI=1S/C25H17ClN4O5S/c1-16-6-9-20(10-7-16)36(34,35)29-15-18(21-4-2-3-5-24(21)29)12-17(14-27)25(31)28-23-13-19(30(32)33)8-11-22(23)26/h2-13,15H,1H3,(H,28,31)/b17-12+. The van der Waals surface area contributed by atoms with E-state index >= 15 is 0 Å². The van der Waals surface area contributed by atoms with Crippen LogP contribution in [0.25, 0.3) is 17.0 Å². The molecule has 0 bridgehead atoms.